The van der Waals surface area contributed by atoms with E-state index >= 15 is 0 Å². The van der Waals surface area contributed by atoms with Crippen molar-refractivity contribution in [2.45, 2.75) is 71.3 Å². The molecule has 0 aliphatic rings. The van der Waals surface area contributed by atoms with Gasteiger partial charge < -0.3 is 14.7 Å². The summed E-state index contributed by atoms with van der Waals surface area (Å²) in [6, 6.07) is 18.2. The summed E-state index contributed by atoms with van der Waals surface area (Å²) in [7, 11) is 11.6. The number of nitrogens with two attached hydrogens (primary N) is 1. The number of primary amides is 1. The minimum Gasteiger partial charge on any atom is -0.370 e. The second-order valence-corrected chi connectivity index (χ2v) is 19.1. The zero-order valence-electron chi connectivity index (χ0n) is 27.1. The topological polar surface area (TPSA) is 97.5 Å². The number of hydrogen-bond acceptors (Lipinski definition) is 4. The molecule has 2 atom stereocenters. The molecule has 0 unspecified atom stereocenters. The molecule has 0 bridgehead atoms. The van der Waals surface area contributed by atoms with Crippen LogP contribution in [0.1, 0.15) is 56.1 Å². The lowest BCUT2D eigenvalue weighted by Gasteiger charge is -2.40. The molecule has 2 aromatic rings. The van der Waals surface area contributed by atoms with E-state index in [1.54, 1.807) is 0 Å². The molecule has 2 aromatic carbocycles. The Labute approximate surface area is 291 Å². The number of halogens is 2. The van der Waals surface area contributed by atoms with E-state index in [2.05, 4.69) is 45.2 Å². The molecule has 242 valence electrons. The SMILES string of the molecule is C[N+](C)(C)[C@@H](Cc1ccccc1)C(=O)N(C(=O)[C@H](Cc1ccccc1)[N+](C)(C)C)C(=O)C(I)(I)CCCCCCCC(N)=O. The number of carbonyl (C=O) groups excluding carboxylic acids is 4. The van der Waals surface area contributed by atoms with Crippen molar-refractivity contribution in [1.29, 1.82) is 0 Å². The molecule has 4 amide bonds. The van der Waals surface area contributed by atoms with Crippen LogP contribution in [0.3, 0.4) is 0 Å². The second kappa shape index (κ2) is 17.1. The van der Waals surface area contributed by atoms with Gasteiger partial charge in [0.2, 0.25) is 5.91 Å². The third-order valence-corrected chi connectivity index (χ3v) is 9.86. The molecule has 0 saturated carbocycles. The zero-order valence-corrected chi connectivity index (χ0v) is 31.4. The number of hydrogen-bond donors (Lipinski definition) is 1. The largest absolute Gasteiger partial charge is 0.370 e. The highest BCUT2D eigenvalue weighted by Gasteiger charge is 2.50. The minimum absolute atomic E-state index is 0.263. The number of carbonyl (C=O) groups is 4. The summed E-state index contributed by atoms with van der Waals surface area (Å²) >= 11 is 4.23. The van der Waals surface area contributed by atoms with Crippen LogP contribution < -0.4 is 5.73 Å². The van der Waals surface area contributed by atoms with Crippen LogP contribution in [0.4, 0.5) is 0 Å². The van der Waals surface area contributed by atoms with Crippen molar-refractivity contribution in [2.75, 3.05) is 42.3 Å². The van der Waals surface area contributed by atoms with Gasteiger partial charge in [-0.1, -0.05) is 132 Å². The Balaban J connectivity index is 2.45. The summed E-state index contributed by atoms with van der Waals surface area (Å²) in [5, 5.41) is 0. The average molecular weight is 833 g/mol. The van der Waals surface area contributed by atoms with Crippen molar-refractivity contribution >= 4 is 68.8 Å². The van der Waals surface area contributed by atoms with Crippen LogP contribution in [0.5, 0.6) is 0 Å². The lowest BCUT2D eigenvalue weighted by atomic mass is 9.99. The number of benzene rings is 2. The number of unbranched alkanes of at least 4 members (excludes halogenated alkanes) is 4. The van der Waals surface area contributed by atoms with E-state index in [1.165, 1.54) is 0 Å². The molecular weight excluding hydrogens is 782 g/mol. The highest BCUT2D eigenvalue weighted by atomic mass is 127. The van der Waals surface area contributed by atoms with E-state index in [-0.39, 0.29) is 14.9 Å². The lowest BCUT2D eigenvalue weighted by Crippen LogP contribution is -2.64. The molecule has 0 aliphatic carbocycles. The van der Waals surface area contributed by atoms with E-state index < -0.39 is 31.2 Å². The first-order chi connectivity index (χ1) is 20.4. The van der Waals surface area contributed by atoms with Crippen molar-refractivity contribution in [1.82, 2.24) is 4.90 Å². The van der Waals surface area contributed by atoms with Gasteiger partial charge in [-0.25, -0.2) is 4.90 Å². The maximum Gasteiger partial charge on any atom is 0.294 e. The number of alkyl halides is 2. The third-order valence-electron chi connectivity index (χ3n) is 7.85. The fourth-order valence-corrected chi connectivity index (χ4v) is 6.36. The first-order valence-electron chi connectivity index (χ1n) is 15.2. The average Bonchev–Trinajstić information content (AvgIpc) is 2.93. The molecule has 0 aliphatic heterocycles. The van der Waals surface area contributed by atoms with Crippen LogP contribution in [-0.4, -0.2) is 93.3 Å². The molecule has 8 nitrogen and oxygen atoms in total. The Morgan fingerprint density at radius 2 is 1.07 bits per heavy atom. The van der Waals surface area contributed by atoms with Crippen LogP contribution in [0.2, 0.25) is 0 Å². The maximum atomic E-state index is 14.6. The van der Waals surface area contributed by atoms with Gasteiger partial charge in [0.1, 0.15) is 0 Å². The van der Waals surface area contributed by atoms with Crippen molar-refractivity contribution in [3.05, 3.63) is 71.8 Å². The van der Waals surface area contributed by atoms with Crippen molar-refractivity contribution in [3.8, 4) is 0 Å². The summed E-state index contributed by atoms with van der Waals surface area (Å²) in [5.74, 6) is -1.69. The summed E-state index contributed by atoms with van der Waals surface area (Å²) in [6.07, 6.45) is 5.91. The molecule has 0 saturated heterocycles. The predicted octanol–water partition coefficient (Wildman–Crippen LogP) is 5.29. The van der Waals surface area contributed by atoms with Crippen LogP contribution in [0.15, 0.2) is 60.7 Å². The Hall–Kier alpha value is -1.90. The Kier molecular flexibility index (Phi) is 14.9. The molecule has 0 fully saturated rings. The number of rotatable bonds is 17. The van der Waals surface area contributed by atoms with Gasteiger partial charge in [-0.05, 0) is 24.0 Å². The molecular formula is C34H50I2N4O4+2. The van der Waals surface area contributed by atoms with Gasteiger partial charge in [-0.15, -0.1) is 0 Å². The molecule has 2 N–H and O–H groups in total. The van der Waals surface area contributed by atoms with E-state index in [0.717, 1.165) is 48.1 Å². The molecule has 2 rings (SSSR count). The highest BCUT2D eigenvalue weighted by molar-refractivity contribution is 14.2. The van der Waals surface area contributed by atoms with E-state index in [4.69, 9.17) is 5.73 Å². The third kappa shape index (κ3) is 12.1. The van der Waals surface area contributed by atoms with Gasteiger partial charge in [0.05, 0.1) is 42.3 Å². The van der Waals surface area contributed by atoms with Crippen LogP contribution in [0.25, 0.3) is 0 Å². The van der Waals surface area contributed by atoms with Gasteiger partial charge in [0.15, 0.2) is 13.5 Å². The van der Waals surface area contributed by atoms with Crippen LogP contribution in [0, 0.1) is 0 Å². The Morgan fingerprint density at radius 3 is 1.45 bits per heavy atom. The quantitative estimate of drug-likeness (QED) is 0.102. The zero-order chi connectivity index (χ0) is 33.1. The van der Waals surface area contributed by atoms with Crippen LogP contribution >= 0.6 is 45.2 Å². The second-order valence-electron chi connectivity index (χ2n) is 13.4. The summed E-state index contributed by atoms with van der Waals surface area (Å²) in [6.45, 7) is 0. The van der Waals surface area contributed by atoms with Crippen LogP contribution in [-0.2, 0) is 32.0 Å². The molecule has 10 heteroatoms. The number of nitrogens with zero attached hydrogens (tertiary/aromatic N) is 3. The number of quaternary nitrogens is 2. The van der Waals surface area contributed by atoms with E-state index in [9.17, 15) is 19.2 Å². The normalized spacial score (nSPS) is 13.6. The predicted molar refractivity (Wildman–Crippen MR) is 193 cm³/mol. The summed E-state index contributed by atoms with van der Waals surface area (Å²) in [4.78, 5) is 55.7. The van der Waals surface area contributed by atoms with Gasteiger partial charge >= 0.3 is 0 Å². The van der Waals surface area contributed by atoms with E-state index in [1.807, 2.05) is 103 Å². The fraction of sp³-hybridized carbons (Fsp3) is 0.529. The first-order valence-corrected chi connectivity index (χ1v) is 17.4. The number of likely N-dealkylation sites (N-methyl/N-ethyl adjacent to an activating group) is 2. The smallest absolute Gasteiger partial charge is 0.294 e. The fourth-order valence-electron chi connectivity index (χ4n) is 5.11. The highest BCUT2D eigenvalue weighted by Crippen LogP contribution is 2.37. The van der Waals surface area contributed by atoms with Gasteiger partial charge in [-0.2, -0.15) is 0 Å². The van der Waals surface area contributed by atoms with Gasteiger partial charge in [-0.3, -0.25) is 19.2 Å². The molecule has 0 heterocycles. The van der Waals surface area contributed by atoms with Gasteiger partial charge in [0, 0.05) is 19.3 Å². The number of imide groups is 3. The number of amides is 4. The molecule has 0 radical (unpaired) electrons. The molecule has 44 heavy (non-hydrogen) atoms. The first kappa shape index (κ1) is 38.3. The Bertz CT molecular complexity index is 1170. The minimum atomic E-state index is -0.988. The molecule has 0 spiro atoms. The van der Waals surface area contributed by atoms with Crippen molar-refractivity contribution < 1.29 is 28.1 Å². The lowest BCUT2D eigenvalue weighted by molar-refractivity contribution is -0.887. The van der Waals surface area contributed by atoms with E-state index in [0.29, 0.717) is 25.7 Å². The maximum absolute atomic E-state index is 14.6. The van der Waals surface area contributed by atoms with Crippen molar-refractivity contribution in [2.24, 2.45) is 5.73 Å². The van der Waals surface area contributed by atoms with Crippen molar-refractivity contribution in [3.63, 3.8) is 0 Å². The monoisotopic (exact) mass is 832 g/mol. The Morgan fingerprint density at radius 1 is 0.682 bits per heavy atom. The van der Waals surface area contributed by atoms with Gasteiger partial charge in [0.25, 0.3) is 17.7 Å². The molecule has 0 aromatic heterocycles. The standard InChI is InChI=1S/C34H49I2N4O4/c1-39(2,3)28(24-26-18-12-10-13-19-26)31(42)38(32(43)29(40(4,5)6)25-27-20-14-11-15-21-27)33(44)34(35,36)23-17-9-7-8-16-22-30(37)41/h10-15,18-21,28-29H,7-9,16-17,22-25H2,1-6H3,(H-,37,41)/q+1/p+1/t28-,29-/m0/s1. The summed E-state index contributed by atoms with van der Waals surface area (Å²) in [5.41, 5.74) is 7.18. The summed E-state index contributed by atoms with van der Waals surface area (Å²) < 4.78 is -0.461.